The Morgan fingerprint density at radius 1 is 1.26 bits per heavy atom. The molecule has 5 nitrogen and oxygen atoms in total. The van der Waals surface area contributed by atoms with E-state index in [1.54, 1.807) is 12.1 Å². The molecule has 0 aliphatic carbocycles. The van der Waals surface area contributed by atoms with Crippen molar-refractivity contribution in [3.8, 4) is 5.75 Å². The van der Waals surface area contributed by atoms with Gasteiger partial charge in [-0.25, -0.2) is 4.39 Å². The van der Waals surface area contributed by atoms with Gasteiger partial charge in [0.15, 0.2) is 0 Å². The molecule has 19 heavy (non-hydrogen) atoms. The lowest BCUT2D eigenvalue weighted by Crippen LogP contribution is -1.98. The molecular weight excluding hydrogens is 269 g/mol. The van der Waals surface area contributed by atoms with E-state index in [1.807, 2.05) is 0 Å². The van der Waals surface area contributed by atoms with Gasteiger partial charge in [0.05, 0.1) is 13.2 Å². The number of aromatic nitrogens is 2. The molecule has 0 unspecified atom stereocenters. The molecule has 2 N–H and O–H groups in total. The Balaban J connectivity index is 1.63. The second kappa shape index (κ2) is 7.10. The van der Waals surface area contributed by atoms with Crippen LogP contribution in [0.1, 0.15) is 12.3 Å². The van der Waals surface area contributed by atoms with Crippen molar-refractivity contribution in [1.29, 1.82) is 0 Å². The second-order valence-corrected chi connectivity index (χ2v) is 4.72. The average molecular weight is 283 g/mol. The van der Waals surface area contributed by atoms with Crippen molar-refractivity contribution >= 4 is 11.8 Å². The number of hydrogen-bond acceptors (Lipinski definition) is 6. The molecule has 0 aliphatic rings. The molecule has 0 radical (unpaired) electrons. The number of nitrogens with zero attached hydrogens (tertiary/aromatic N) is 2. The molecular formula is C12H14FN3O2S. The number of halogens is 1. The van der Waals surface area contributed by atoms with E-state index in [4.69, 9.17) is 14.9 Å². The van der Waals surface area contributed by atoms with Gasteiger partial charge in [0.25, 0.3) is 5.22 Å². The maximum Gasteiger partial charge on any atom is 0.276 e. The lowest BCUT2D eigenvalue weighted by atomic mass is 10.3. The predicted molar refractivity (Wildman–Crippen MR) is 69.4 cm³/mol. The summed E-state index contributed by atoms with van der Waals surface area (Å²) in [6, 6.07) is 5.95. The summed E-state index contributed by atoms with van der Waals surface area (Å²) in [6.45, 7) is 0.803. The van der Waals surface area contributed by atoms with Gasteiger partial charge in [-0.2, -0.15) is 0 Å². The number of benzene rings is 1. The minimum atomic E-state index is -0.269. The molecule has 102 valence electrons. The molecule has 1 heterocycles. The lowest BCUT2D eigenvalue weighted by Gasteiger charge is -2.04. The average Bonchev–Trinajstić information content (AvgIpc) is 2.88. The van der Waals surface area contributed by atoms with Gasteiger partial charge >= 0.3 is 0 Å². The van der Waals surface area contributed by atoms with Crippen LogP contribution in [0.2, 0.25) is 0 Å². The van der Waals surface area contributed by atoms with E-state index in [9.17, 15) is 4.39 Å². The first-order valence-corrected chi connectivity index (χ1v) is 6.80. The SMILES string of the molecule is NCc1nnc(SCCCOc2ccc(F)cc2)o1. The zero-order chi connectivity index (χ0) is 13.5. The molecule has 0 saturated carbocycles. The lowest BCUT2D eigenvalue weighted by molar-refractivity contribution is 0.318. The summed E-state index contributed by atoms with van der Waals surface area (Å²) in [5.41, 5.74) is 5.36. The minimum Gasteiger partial charge on any atom is -0.494 e. The molecule has 0 spiro atoms. The Kier molecular flexibility index (Phi) is 5.17. The number of rotatable bonds is 7. The standard InChI is InChI=1S/C12H14FN3O2S/c13-9-2-4-10(5-3-9)17-6-1-7-19-12-16-15-11(8-14)18-12/h2-5H,1,6-8,14H2. The Morgan fingerprint density at radius 2 is 2.05 bits per heavy atom. The van der Waals surface area contributed by atoms with Crippen molar-refractivity contribution in [1.82, 2.24) is 10.2 Å². The van der Waals surface area contributed by atoms with Crippen LogP contribution in [0.15, 0.2) is 33.9 Å². The summed E-state index contributed by atoms with van der Waals surface area (Å²) in [4.78, 5) is 0. The second-order valence-electron chi connectivity index (χ2n) is 3.67. The molecule has 7 heteroatoms. The zero-order valence-corrected chi connectivity index (χ0v) is 11.0. The third kappa shape index (κ3) is 4.53. The zero-order valence-electron chi connectivity index (χ0n) is 10.2. The van der Waals surface area contributed by atoms with Crippen LogP contribution in [0, 0.1) is 5.82 Å². The van der Waals surface area contributed by atoms with Crippen molar-refractivity contribution in [2.45, 2.75) is 18.2 Å². The summed E-state index contributed by atoms with van der Waals surface area (Å²) in [7, 11) is 0. The van der Waals surface area contributed by atoms with Crippen molar-refractivity contribution in [2.75, 3.05) is 12.4 Å². The molecule has 1 aromatic carbocycles. The number of hydrogen-bond donors (Lipinski definition) is 1. The van der Waals surface area contributed by atoms with E-state index in [0.717, 1.165) is 12.2 Å². The molecule has 0 saturated heterocycles. The third-order valence-corrected chi connectivity index (χ3v) is 3.12. The van der Waals surface area contributed by atoms with Crippen LogP contribution in [-0.2, 0) is 6.54 Å². The van der Waals surface area contributed by atoms with Crippen LogP contribution in [0.5, 0.6) is 5.75 Å². The summed E-state index contributed by atoms with van der Waals surface area (Å²) in [6.07, 6.45) is 0.822. The molecule has 2 rings (SSSR count). The van der Waals surface area contributed by atoms with Crippen LogP contribution in [0.25, 0.3) is 0 Å². The maximum atomic E-state index is 12.7. The quantitative estimate of drug-likeness (QED) is 0.620. The van der Waals surface area contributed by atoms with Crippen LogP contribution >= 0.6 is 11.8 Å². The van der Waals surface area contributed by atoms with Gasteiger partial charge in [-0.3, -0.25) is 0 Å². The molecule has 0 bridgehead atoms. The molecule has 0 amide bonds. The van der Waals surface area contributed by atoms with Crippen LogP contribution in [0.4, 0.5) is 4.39 Å². The fourth-order valence-corrected chi connectivity index (χ4v) is 2.01. The van der Waals surface area contributed by atoms with E-state index >= 15 is 0 Å². The highest BCUT2D eigenvalue weighted by Crippen LogP contribution is 2.17. The topological polar surface area (TPSA) is 74.2 Å². The van der Waals surface area contributed by atoms with Gasteiger partial charge in [-0.1, -0.05) is 11.8 Å². The first kappa shape index (κ1) is 13.8. The van der Waals surface area contributed by atoms with Crippen molar-refractivity contribution in [3.05, 3.63) is 36.0 Å². The molecule has 0 aliphatic heterocycles. The van der Waals surface area contributed by atoms with Crippen molar-refractivity contribution in [3.63, 3.8) is 0 Å². The highest BCUT2D eigenvalue weighted by atomic mass is 32.2. The van der Waals surface area contributed by atoms with Crippen molar-refractivity contribution in [2.24, 2.45) is 5.73 Å². The predicted octanol–water partition coefficient (Wildman–Crippen LogP) is 2.23. The largest absolute Gasteiger partial charge is 0.494 e. The van der Waals surface area contributed by atoms with E-state index in [0.29, 0.717) is 23.5 Å². The Labute approximate surface area is 114 Å². The molecule has 0 fully saturated rings. The fourth-order valence-electron chi connectivity index (χ4n) is 1.32. The fraction of sp³-hybridized carbons (Fsp3) is 0.333. The van der Waals surface area contributed by atoms with Crippen LogP contribution in [0.3, 0.4) is 0 Å². The van der Waals surface area contributed by atoms with Crippen molar-refractivity contribution < 1.29 is 13.5 Å². The first-order valence-electron chi connectivity index (χ1n) is 5.81. The summed E-state index contributed by atoms with van der Waals surface area (Å²) in [5, 5.41) is 8.11. The Bertz CT molecular complexity index is 504. The monoisotopic (exact) mass is 283 g/mol. The number of thioether (sulfide) groups is 1. The summed E-state index contributed by atoms with van der Waals surface area (Å²) < 4.78 is 23.4. The summed E-state index contributed by atoms with van der Waals surface area (Å²) >= 11 is 1.46. The van der Waals surface area contributed by atoms with Crippen LogP contribution < -0.4 is 10.5 Å². The number of nitrogens with two attached hydrogens (primary N) is 1. The highest BCUT2D eigenvalue weighted by Gasteiger charge is 2.04. The minimum absolute atomic E-state index is 0.251. The van der Waals surface area contributed by atoms with Gasteiger partial charge in [0.2, 0.25) is 5.89 Å². The van der Waals surface area contributed by atoms with E-state index in [-0.39, 0.29) is 12.4 Å². The smallest absolute Gasteiger partial charge is 0.276 e. The van der Waals surface area contributed by atoms with E-state index in [2.05, 4.69) is 10.2 Å². The van der Waals surface area contributed by atoms with Crippen LogP contribution in [-0.4, -0.2) is 22.6 Å². The van der Waals surface area contributed by atoms with Gasteiger partial charge in [-0.15, -0.1) is 10.2 Å². The Hall–Kier alpha value is -1.60. The number of ether oxygens (including phenoxy) is 1. The van der Waals surface area contributed by atoms with Gasteiger partial charge in [-0.05, 0) is 30.7 Å². The Morgan fingerprint density at radius 3 is 2.74 bits per heavy atom. The third-order valence-electron chi connectivity index (χ3n) is 2.22. The van der Waals surface area contributed by atoms with E-state index < -0.39 is 0 Å². The normalized spacial score (nSPS) is 10.6. The summed E-state index contributed by atoms with van der Waals surface area (Å²) in [5.74, 6) is 1.63. The first-order chi connectivity index (χ1) is 9.28. The van der Waals surface area contributed by atoms with E-state index in [1.165, 1.54) is 23.9 Å². The molecule has 0 atom stereocenters. The highest BCUT2D eigenvalue weighted by molar-refractivity contribution is 7.99. The van der Waals surface area contributed by atoms with Gasteiger partial charge < -0.3 is 14.9 Å². The molecule has 2 aromatic rings. The maximum absolute atomic E-state index is 12.7. The van der Waals surface area contributed by atoms with Gasteiger partial charge in [0.1, 0.15) is 11.6 Å². The molecule has 1 aromatic heterocycles. The van der Waals surface area contributed by atoms with Gasteiger partial charge in [0, 0.05) is 5.75 Å².